The zero-order valence-electron chi connectivity index (χ0n) is 16.2. The molecule has 0 bridgehead atoms. The number of aryl methyl sites for hydroxylation is 2. The molecule has 5 rings (SSSR count). The Balaban J connectivity index is 1.76. The summed E-state index contributed by atoms with van der Waals surface area (Å²) in [5.74, 6) is 1.21. The highest BCUT2D eigenvalue weighted by Gasteiger charge is 2.52. The molecule has 2 aromatic rings. The fourth-order valence-corrected chi connectivity index (χ4v) is 6.07. The van der Waals surface area contributed by atoms with Crippen LogP contribution in [0.3, 0.4) is 0 Å². The second-order valence-corrected chi connectivity index (χ2v) is 8.99. The lowest BCUT2D eigenvalue weighted by atomic mass is 9.67. The van der Waals surface area contributed by atoms with Crippen LogP contribution in [0.4, 0.5) is 0 Å². The number of benzene rings is 1. The van der Waals surface area contributed by atoms with E-state index in [0.717, 1.165) is 0 Å². The van der Waals surface area contributed by atoms with Crippen molar-refractivity contribution in [2.75, 3.05) is 0 Å². The van der Waals surface area contributed by atoms with Crippen LogP contribution >= 0.6 is 0 Å². The fraction of sp³-hybridized carbons (Fsp3) is 0.542. The molecule has 0 radical (unpaired) electrons. The van der Waals surface area contributed by atoms with Crippen LogP contribution in [0.1, 0.15) is 68.9 Å². The van der Waals surface area contributed by atoms with Crippen LogP contribution in [0, 0.1) is 6.92 Å². The van der Waals surface area contributed by atoms with Gasteiger partial charge in [0.05, 0.1) is 5.56 Å². The number of aromatic nitrogens is 1. The van der Waals surface area contributed by atoms with Gasteiger partial charge in [0, 0.05) is 23.1 Å². The average molecular weight is 349 g/mol. The van der Waals surface area contributed by atoms with Gasteiger partial charge in [-0.3, -0.25) is 0 Å². The van der Waals surface area contributed by atoms with Gasteiger partial charge in [0.2, 0.25) is 5.69 Å². The lowest BCUT2D eigenvalue weighted by Crippen LogP contribution is -2.46. The van der Waals surface area contributed by atoms with E-state index in [1.54, 1.807) is 0 Å². The minimum Gasteiger partial charge on any atom is -0.486 e. The Kier molecular flexibility index (Phi) is 3.67. The summed E-state index contributed by atoms with van der Waals surface area (Å²) >= 11 is 0. The number of hydrogen-bond acceptors (Lipinski definition) is 1. The molecule has 0 atom stereocenters. The van der Waals surface area contributed by atoms with Crippen molar-refractivity contribution in [2.24, 2.45) is 7.05 Å². The first-order chi connectivity index (χ1) is 12.6. The van der Waals surface area contributed by atoms with Gasteiger partial charge >= 0.3 is 0 Å². The molecule has 2 fully saturated rings. The minimum atomic E-state index is 0.0905. The second kappa shape index (κ2) is 5.84. The number of rotatable bonds is 1. The van der Waals surface area contributed by atoms with E-state index in [2.05, 4.69) is 55.1 Å². The van der Waals surface area contributed by atoms with Gasteiger partial charge in [-0.05, 0) is 63.5 Å². The Bertz CT molecular complexity index is 841. The zero-order chi connectivity index (χ0) is 17.8. The van der Waals surface area contributed by atoms with Gasteiger partial charge in [0.1, 0.15) is 18.4 Å². The SMILES string of the molecule is Cc1ccc2c(c1-c1cccc[n+]1C)OC1(CCCC1)CC21CCCC1. The van der Waals surface area contributed by atoms with E-state index in [1.807, 2.05) is 0 Å². The van der Waals surface area contributed by atoms with E-state index in [9.17, 15) is 0 Å². The van der Waals surface area contributed by atoms with Crippen LogP contribution in [-0.4, -0.2) is 5.60 Å². The summed E-state index contributed by atoms with van der Waals surface area (Å²) in [6.07, 6.45) is 13.9. The molecule has 2 spiro atoms. The standard InChI is InChI=1S/C24H30NO/c1-18-10-11-19-22(21(18)20-9-3-8-16-25(20)2)26-24(14-6-7-15-24)17-23(19)12-4-5-13-23/h3,8-11,16H,4-7,12-15,17H2,1-2H3/q+1. The number of fused-ring (bicyclic) bond motifs is 2. The molecule has 0 amide bonds. The van der Waals surface area contributed by atoms with Gasteiger partial charge in [-0.2, -0.15) is 0 Å². The summed E-state index contributed by atoms with van der Waals surface area (Å²) in [7, 11) is 2.15. The maximum atomic E-state index is 6.98. The molecule has 2 nitrogen and oxygen atoms in total. The van der Waals surface area contributed by atoms with Crippen molar-refractivity contribution >= 4 is 0 Å². The van der Waals surface area contributed by atoms with E-state index >= 15 is 0 Å². The number of ether oxygens (including phenoxy) is 1. The first-order valence-electron chi connectivity index (χ1n) is 10.4. The molecule has 2 aliphatic carbocycles. The Hall–Kier alpha value is -1.83. The molecule has 3 aliphatic rings. The smallest absolute Gasteiger partial charge is 0.216 e. The summed E-state index contributed by atoms with van der Waals surface area (Å²) in [5.41, 5.74) is 5.86. The van der Waals surface area contributed by atoms with Crippen molar-refractivity contribution in [2.45, 2.75) is 75.7 Å². The summed E-state index contributed by atoms with van der Waals surface area (Å²) in [4.78, 5) is 0. The zero-order valence-corrected chi connectivity index (χ0v) is 16.2. The molecule has 26 heavy (non-hydrogen) atoms. The molecule has 2 saturated carbocycles. The normalized spacial score (nSPS) is 22.5. The first-order valence-corrected chi connectivity index (χ1v) is 10.4. The van der Waals surface area contributed by atoms with E-state index in [-0.39, 0.29) is 5.60 Å². The van der Waals surface area contributed by atoms with Gasteiger partial charge in [0.25, 0.3) is 0 Å². The van der Waals surface area contributed by atoms with Crippen LogP contribution in [0.15, 0.2) is 36.5 Å². The maximum absolute atomic E-state index is 6.98. The van der Waals surface area contributed by atoms with Crippen LogP contribution < -0.4 is 9.30 Å². The van der Waals surface area contributed by atoms with Crippen LogP contribution in [0.25, 0.3) is 11.3 Å². The molecule has 0 unspecified atom stereocenters. The lowest BCUT2D eigenvalue weighted by molar-refractivity contribution is -0.660. The van der Waals surface area contributed by atoms with Gasteiger partial charge in [-0.1, -0.05) is 25.0 Å². The Morgan fingerprint density at radius 3 is 2.38 bits per heavy atom. The highest BCUT2D eigenvalue weighted by atomic mass is 16.5. The third-order valence-electron chi connectivity index (χ3n) is 7.30. The number of hydrogen-bond donors (Lipinski definition) is 0. The summed E-state index contributed by atoms with van der Waals surface area (Å²) in [5, 5.41) is 0. The molecule has 1 aliphatic heterocycles. The molecule has 1 aromatic heterocycles. The monoisotopic (exact) mass is 348 g/mol. The van der Waals surface area contributed by atoms with Crippen LogP contribution in [0.2, 0.25) is 0 Å². The van der Waals surface area contributed by atoms with Crippen molar-refractivity contribution in [3.63, 3.8) is 0 Å². The van der Waals surface area contributed by atoms with Crippen LogP contribution in [0.5, 0.6) is 5.75 Å². The molecule has 1 aromatic carbocycles. The van der Waals surface area contributed by atoms with Crippen molar-refractivity contribution in [1.29, 1.82) is 0 Å². The molecule has 136 valence electrons. The van der Waals surface area contributed by atoms with Crippen molar-refractivity contribution in [3.8, 4) is 17.0 Å². The van der Waals surface area contributed by atoms with Gasteiger partial charge < -0.3 is 4.74 Å². The third kappa shape index (κ3) is 2.34. The fourth-order valence-electron chi connectivity index (χ4n) is 6.07. The summed E-state index contributed by atoms with van der Waals surface area (Å²) in [6.45, 7) is 2.24. The van der Waals surface area contributed by atoms with Gasteiger partial charge in [-0.25, -0.2) is 4.57 Å². The van der Waals surface area contributed by atoms with Gasteiger partial charge in [0.15, 0.2) is 6.20 Å². The molecule has 0 N–H and O–H groups in total. The summed E-state index contributed by atoms with van der Waals surface area (Å²) < 4.78 is 9.21. The quantitative estimate of drug-likeness (QED) is 0.629. The predicted octanol–water partition coefficient (Wildman–Crippen LogP) is 5.39. The number of nitrogens with zero attached hydrogens (tertiary/aromatic N) is 1. The van der Waals surface area contributed by atoms with Crippen LogP contribution in [-0.2, 0) is 12.5 Å². The van der Waals surface area contributed by atoms with Crippen molar-refractivity contribution in [1.82, 2.24) is 0 Å². The van der Waals surface area contributed by atoms with E-state index in [1.165, 1.54) is 85.9 Å². The summed E-state index contributed by atoms with van der Waals surface area (Å²) in [6, 6.07) is 11.2. The highest BCUT2D eigenvalue weighted by molar-refractivity contribution is 5.73. The van der Waals surface area contributed by atoms with E-state index in [0.29, 0.717) is 5.41 Å². The first kappa shape index (κ1) is 16.4. The van der Waals surface area contributed by atoms with E-state index in [4.69, 9.17) is 4.74 Å². The van der Waals surface area contributed by atoms with Crippen molar-refractivity contribution < 1.29 is 9.30 Å². The van der Waals surface area contributed by atoms with Crippen molar-refractivity contribution in [3.05, 3.63) is 47.7 Å². The minimum absolute atomic E-state index is 0.0905. The number of pyridine rings is 1. The second-order valence-electron chi connectivity index (χ2n) is 8.99. The maximum Gasteiger partial charge on any atom is 0.216 e. The average Bonchev–Trinajstić information content (AvgIpc) is 3.26. The largest absolute Gasteiger partial charge is 0.486 e. The Morgan fingerprint density at radius 1 is 0.923 bits per heavy atom. The lowest BCUT2D eigenvalue weighted by Gasteiger charge is -2.47. The Labute approximate surface area is 157 Å². The topological polar surface area (TPSA) is 13.1 Å². The molecule has 2 heterocycles. The molecular formula is C24H30NO+. The molecular weight excluding hydrogens is 318 g/mol. The van der Waals surface area contributed by atoms with E-state index < -0.39 is 0 Å². The predicted molar refractivity (Wildman–Crippen MR) is 104 cm³/mol. The molecule has 0 saturated heterocycles. The molecule has 2 heteroatoms. The highest BCUT2D eigenvalue weighted by Crippen LogP contribution is 2.59. The Morgan fingerprint density at radius 2 is 1.65 bits per heavy atom. The van der Waals surface area contributed by atoms with Gasteiger partial charge in [-0.15, -0.1) is 0 Å². The third-order valence-corrected chi connectivity index (χ3v) is 7.30.